The van der Waals surface area contributed by atoms with Crippen molar-refractivity contribution in [1.82, 2.24) is 9.97 Å². The molecule has 0 amide bonds. The molecule has 2 aromatic rings. The molecule has 0 saturated carbocycles. The maximum Gasteiger partial charge on any atom is 0.416 e. The number of nitrogens with two attached hydrogens (primary N) is 1. The summed E-state index contributed by atoms with van der Waals surface area (Å²) in [5, 5.41) is 20.3. The van der Waals surface area contributed by atoms with E-state index in [1.807, 2.05) is 12.1 Å². The molecule has 1 aromatic carbocycles. The number of aromatic nitrogens is 2. The summed E-state index contributed by atoms with van der Waals surface area (Å²) >= 11 is 0. The summed E-state index contributed by atoms with van der Waals surface area (Å²) < 4.78 is 38.3. The lowest BCUT2D eigenvalue weighted by atomic mass is 10.2. The first kappa shape index (κ1) is 17.8. The second-order valence-electron chi connectivity index (χ2n) is 4.84. The predicted octanol–water partition coefficient (Wildman–Crippen LogP) is 2.67. The topological polar surface area (TPSA) is 115 Å². The van der Waals surface area contributed by atoms with Crippen LogP contribution >= 0.6 is 0 Å². The Morgan fingerprint density at radius 1 is 1.16 bits per heavy atom. The Morgan fingerprint density at radius 3 is 2.44 bits per heavy atom. The van der Waals surface area contributed by atoms with Gasteiger partial charge in [0.25, 0.3) is 0 Å². The molecule has 1 heterocycles. The van der Waals surface area contributed by atoms with Gasteiger partial charge < -0.3 is 16.0 Å². The van der Waals surface area contributed by atoms with Crippen LogP contribution in [0.15, 0.2) is 30.6 Å². The lowest BCUT2D eigenvalue weighted by Gasteiger charge is -2.20. The van der Waals surface area contributed by atoms with Crippen molar-refractivity contribution >= 4 is 23.0 Å². The van der Waals surface area contributed by atoms with E-state index >= 15 is 0 Å². The zero-order valence-corrected chi connectivity index (χ0v) is 12.7. The molecule has 0 bridgehead atoms. The molecule has 3 N–H and O–H groups in total. The predicted molar refractivity (Wildman–Crippen MR) is 84.6 cm³/mol. The third-order valence-corrected chi connectivity index (χ3v) is 3.14. The SMILES string of the molecule is N#CCN(CC#N)c1ncnc(Nc2cccc(C(F)(F)F)c2)c1N. The van der Waals surface area contributed by atoms with Crippen molar-refractivity contribution in [1.29, 1.82) is 10.5 Å². The number of nitrogens with one attached hydrogen (secondary N) is 1. The number of anilines is 4. The fourth-order valence-electron chi connectivity index (χ4n) is 2.02. The third-order valence-electron chi connectivity index (χ3n) is 3.14. The molecular weight excluding hydrogens is 335 g/mol. The van der Waals surface area contributed by atoms with Crippen molar-refractivity contribution in [3.8, 4) is 12.1 Å². The minimum atomic E-state index is -4.48. The first-order chi connectivity index (χ1) is 11.9. The monoisotopic (exact) mass is 347 g/mol. The smallest absolute Gasteiger partial charge is 0.393 e. The Labute approximate surface area is 141 Å². The molecular formula is C15H12F3N7. The van der Waals surface area contributed by atoms with Crippen LogP contribution in [0.3, 0.4) is 0 Å². The van der Waals surface area contributed by atoms with Crippen molar-refractivity contribution in [2.75, 3.05) is 29.0 Å². The van der Waals surface area contributed by atoms with Gasteiger partial charge >= 0.3 is 6.18 Å². The van der Waals surface area contributed by atoms with Crippen molar-refractivity contribution in [3.05, 3.63) is 36.2 Å². The van der Waals surface area contributed by atoms with E-state index in [0.29, 0.717) is 0 Å². The van der Waals surface area contributed by atoms with Crippen molar-refractivity contribution in [3.63, 3.8) is 0 Å². The number of alkyl halides is 3. The summed E-state index contributed by atoms with van der Waals surface area (Å²) in [7, 11) is 0. The highest BCUT2D eigenvalue weighted by molar-refractivity contribution is 5.78. The molecule has 0 aliphatic rings. The van der Waals surface area contributed by atoms with Crippen LogP contribution in [0.4, 0.5) is 36.2 Å². The third kappa shape index (κ3) is 4.26. The van der Waals surface area contributed by atoms with Crippen molar-refractivity contribution in [2.45, 2.75) is 6.18 Å². The highest BCUT2D eigenvalue weighted by Crippen LogP contribution is 2.33. The minimum absolute atomic E-state index is 0.0189. The second-order valence-corrected chi connectivity index (χ2v) is 4.84. The first-order valence-corrected chi connectivity index (χ1v) is 6.90. The van der Waals surface area contributed by atoms with E-state index in [9.17, 15) is 13.2 Å². The number of nitrogen functional groups attached to an aromatic ring is 1. The molecule has 0 spiro atoms. The lowest BCUT2D eigenvalue weighted by molar-refractivity contribution is -0.137. The van der Waals surface area contributed by atoms with Crippen LogP contribution in [0.5, 0.6) is 0 Å². The van der Waals surface area contributed by atoms with Gasteiger partial charge in [0.15, 0.2) is 11.6 Å². The molecule has 0 saturated heterocycles. The van der Waals surface area contributed by atoms with E-state index in [1.165, 1.54) is 17.0 Å². The average Bonchev–Trinajstić information content (AvgIpc) is 2.56. The van der Waals surface area contributed by atoms with Gasteiger partial charge in [-0.1, -0.05) is 6.07 Å². The van der Waals surface area contributed by atoms with Crippen LogP contribution < -0.4 is 16.0 Å². The van der Waals surface area contributed by atoms with Gasteiger partial charge in [-0.3, -0.25) is 0 Å². The Morgan fingerprint density at radius 2 is 1.84 bits per heavy atom. The number of nitriles is 2. The van der Waals surface area contributed by atoms with Crippen LogP contribution in [-0.4, -0.2) is 23.1 Å². The van der Waals surface area contributed by atoms with Crippen LogP contribution in [0, 0.1) is 22.7 Å². The van der Waals surface area contributed by atoms with E-state index < -0.39 is 11.7 Å². The largest absolute Gasteiger partial charge is 0.416 e. The van der Waals surface area contributed by atoms with Crippen LogP contribution in [-0.2, 0) is 6.18 Å². The van der Waals surface area contributed by atoms with Crippen molar-refractivity contribution in [2.24, 2.45) is 0 Å². The van der Waals surface area contributed by atoms with Gasteiger partial charge in [0.1, 0.15) is 25.1 Å². The zero-order chi connectivity index (χ0) is 18.4. The molecule has 128 valence electrons. The maximum absolute atomic E-state index is 12.8. The van der Waals surface area contributed by atoms with Crippen molar-refractivity contribution < 1.29 is 13.2 Å². The van der Waals surface area contributed by atoms with E-state index in [-0.39, 0.29) is 36.1 Å². The quantitative estimate of drug-likeness (QED) is 0.799. The molecule has 7 nitrogen and oxygen atoms in total. The number of benzene rings is 1. The molecule has 0 unspecified atom stereocenters. The molecule has 1 aromatic heterocycles. The molecule has 10 heteroatoms. The molecule has 0 radical (unpaired) electrons. The van der Waals surface area contributed by atoms with E-state index in [4.69, 9.17) is 16.3 Å². The fraction of sp³-hybridized carbons (Fsp3) is 0.200. The normalized spacial score (nSPS) is 10.6. The number of nitrogens with zero attached hydrogens (tertiary/aromatic N) is 5. The Hall–Kier alpha value is -3.53. The summed E-state index contributed by atoms with van der Waals surface area (Å²) in [4.78, 5) is 9.18. The molecule has 0 aliphatic carbocycles. The Balaban J connectivity index is 2.34. The average molecular weight is 347 g/mol. The Kier molecular flexibility index (Phi) is 5.25. The standard InChI is InChI=1S/C15H12F3N7/c16-15(17,18)10-2-1-3-11(8-10)24-13-12(21)14(23-9-22-13)25(6-4-19)7-5-20/h1-3,8-9H,6-7,21H2,(H,22,23,24). The van der Waals surface area contributed by atoms with Gasteiger partial charge in [-0.15, -0.1) is 0 Å². The van der Waals surface area contributed by atoms with Gasteiger partial charge in [-0.25, -0.2) is 9.97 Å². The van der Waals surface area contributed by atoms with Crippen LogP contribution in [0.1, 0.15) is 5.56 Å². The molecule has 2 rings (SSSR count). The summed E-state index contributed by atoms with van der Waals surface area (Å²) in [5.74, 6) is 0.220. The van der Waals surface area contributed by atoms with Crippen LogP contribution in [0.25, 0.3) is 0 Å². The van der Waals surface area contributed by atoms with E-state index in [1.54, 1.807) is 0 Å². The fourth-order valence-corrected chi connectivity index (χ4v) is 2.02. The van der Waals surface area contributed by atoms with Gasteiger partial charge in [0, 0.05) is 5.69 Å². The highest BCUT2D eigenvalue weighted by atomic mass is 19.4. The van der Waals surface area contributed by atoms with Gasteiger partial charge in [0.05, 0.1) is 17.7 Å². The van der Waals surface area contributed by atoms with Gasteiger partial charge in [-0.05, 0) is 18.2 Å². The van der Waals surface area contributed by atoms with Gasteiger partial charge in [0.2, 0.25) is 0 Å². The van der Waals surface area contributed by atoms with E-state index in [0.717, 1.165) is 18.5 Å². The summed E-state index contributed by atoms with van der Waals surface area (Å²) in [6, 6.07) is 8.32. The number of hydrogen-bond acceptors (Lipinski definition) is 7. The maximum atomic E-state index is 12.8. The molecule has 0 atom stereocenters. The zero-order valence-electron chi connectivity index (χ0n) is 12.7. The summed E-state index contributed by atoms with van der Waals surface area (Å²) in [5.41, 5.74) is 5.28. The Bertz CT molecular complexity index is 820. The minimum Gasteiger partial charge on any atom is -0.393 e. The molecule has 0 aliphatic heterocycles. The first-order valence-electron chi connectivity index (χ1n) is 6.90. The second kappa shape index (κ2) is 7.36. The number of halogens is 3. The summed E-state index contributed by atoms with van der Waals surface area (Å²) in [6.07, 6.45) is -3.33. The number of hydrogen-bond donors (Lipinski definition) is 2. The van der Waals surface area contributed by atoms with Crippen LogP contribution in [0.2, 0.25) is 0 Å². The lowest BCUT2D eigenvalue weighted by Crippen LogP contribution is -2.26. The highest BCUT2D eigenvalue weighted by Gasteiger charge is 2.30. The molecule has 0 fully saturated rings. The van der Waals surface area contributed by atoms with E-state index in [2.05, 4.69) is 15.3 Å². The number of rotatable bonds is 5. The van der Waals surface area contributed by atoms with Gasteiger partial charge in [-0.2, -0.15) is 23.7 Å². The molecule has 25 heavy (non-hydrogen) atoms. The summed E-state index contributed by atoms with van der Waals surface area (Å²) in [6.45, 7) is -0.254.